The number of fused-ring (bicyclic) bond motifs is 3. The minimum atomic E-state index is -0.680. The van der Waals surface area contributed by atoms with Crippen LogP contribution in [0.4, 0.5) is 10.5 Å². The van der Waals surface area contributed by atoms with Gasteiger partial charge >= 0.3 is 6.09 Å². The van der Waals surface area contributed by atoms with Gasteiger partial charge in [0.25, 0.3) is 0 Å². The van der Waals surface area contributed by atoms with Crippen molar-refractivity contribution in [3.05, 3.63) is 99.9 Å². The monoisotopic (exact) mass is 384 g/mol. The van der Waals surface area contributed by atoms with Crippen LogP contribution in [0.25, 0.3) is 21.6 Å². The minimum Gasteiger partial charge on any atom is -0.448 e. The van der Waals surface area contributed by atoms with Crippen LogP contribution in [0.1, 0.15) is 27.4 Å². The van der Waals surface area contributed by atoms with E-state index in [1.807, 2.05) is 24.3 Å². The molecule has 0 aliphatic heterocycles. The average molecular weight is 384 g/mol. The fourth-order valence-electron chi connectivity index (χ4n) is 3.55. The van der Waals surface area contributed by atoms with E-state index in [4.69, 9.17) is 10.3 Å². The predicted molar refractivity (Wildman–Crippen MR) is 109 cm³/mol. The molecule has 0 saturated carbocycles. The van der Waals surface area contributed by atoms with Gasteiger partial charge in [0.05, 0.1) is 0 Å². The number of carbonyl (C=O) groups is 2. The lowest BCUT2D eigenvalue weighted by Gasteiger charge is -2.14. The maximum atomic E-state index is 12.2. The van der Waals surface area contributed by atoms with Gasteiger partial charge in [-0.05, 0) is 57.2 Å². The van der Waals surface area contributed by atoms with Crippen LogP contribution < -0.4 is 5.32 Å². The van der Waals surface area contributed by atoms with Gasteiger partial charge in [0, 0.05) is 22.1 Å². The molecule has 0 radical (unpaired) electrons. The quantitative estimate of drug-likeness (QED) is 0.365. The summed E-state index contributed by atoms with van der Waals surface area (Å²) in [5, 5.41) is 5.66. The highest BCUT2D eigenvalue weighted by molar-refractivity contribution is 5.95. The summed E-state index contributed by atoms with van der Waals surface area (Å²) >= 11 is 0. The first-order valence-corrected chi connectivity index (χ1v) is 8.99. The number of carbonyl (C=O) groups excluding carboxylic acids is 2. The van der Waals surface area contributed by atoms with Crippen LogP contribution in [0.5, 0.6) is 0 Å². The number of benzene rings is 3. The van der Waals surface area contributed by atoms with E-state index < -0.39 is 12.0 Å². The van der Waals surface area contributed by atoms with Gasteiger partial charge in [0.1, 0.15) is 6.61 Å². The molecule has 2 amide bonds. The summed E-state index contributed by atoms with van der Waals surface area (Å²) in [5.74, 6) is -0.697. The Morgan fingerprint density at radius 2 is 1.52 bits per heavy atom. The van der Waals surface area contributed by atoms with E-state index in [-0.39, 0.29) is 18.1 Å². The lowest BCUT2D eigenvalue weighted by atomic mass is 9.98. The molecular weight excluding hydrogens is 368 g/mol. The van der Waals surface area contributed by atoms with Crippen molar-refractivity contribution in [1.29, 1.82) is 0 Å². The lowest BCUT2D eigenvalue weighted by molar-refractivity contribution is 0.100. The van der Waals surface area contributed by atoms with Crippen molar-refractivity contribution >= 4 is 17.7 Å². The van der Waals surface area contributed by atoms with Crippen molar-refractivity contribution in [3.63, 3.8) is 0 Å². The molecule has 0 aromatic heterocycles. The van der Waals surface area contributed by atoms with E-state index >= 15 is 0 Å². The van der Waals surface area contributed by atoms with Crippen molar-refractivity contribution in [2.45, 2.75) is 5.92 Å². The molecule has 7 heteroatoms. The number of nitrogens with one attached hydrogen (secondary N) is 1. The Kier molecular flexibility index (Phi) is 4.97. The Morgan fingerprint density at radius 1 is 0.931 bits per heavy atom. The molecule has 0 spiro atoms. The summed E-state index contributed by atoms with van der Waals surface area (Å²) in [6.07, 6.45) is -0.582. The van der Waals surface area contributed by atoms with Crippen LogP contribution in [-0.2, 0) is 4.74 Å². The molecule has 0 saturated heterocycles. The van der Waals surface area contributed by atoms with E-state index in [0.29, 0.717) is 5.69 Å². The molecule has 1 aliphatic rings. The number of amides is 2. The molecule has 1 aliphatic carbocycles. The van der Waals surface area contributed by atoms with Gasteiger partial charge in [0.2, 0.25) is 5.91 Å². The van der Waals surface area contributed by atoms with Crippen LogP contribution in [-0.4, -0.2) is 18.6 Å². The fraction of sp³-hybridized carbons (Fsp3) is 0.0909. The number of nitrogens with zero attached hydrogens (tertiary/aromatic N) is 3. The van der Waals surface area contributed by atoms with Crippen molar-refractivity contribution in [1.82, 2.24) is 0 Å². The van der Waals surface area contributed by atoms with Crippen molar-refractivity contribution in [3.8, 4) is 11.1 Å². The van der Waals surface area contributed by atoms with Crippen molar-refractivity contribution in [2.75, 3.05) is 11.9 Å². The minimum absolute atomic E-state index is 0.0167. The zero-order valence-corrected chi connectivity index (χ0v) is 15.3. The van der Waals surface area contributed by atoms with Crippen LogP contribution >= 0.6 is 0 Å². The molecule has 3 aromatic carbocycles. The van der Waals surface area contributed by atoms with Gasteiger partial charge in [0.15, 0.2) is 0 Å². The number of anilines is 1. The molecule has 4 rings (SSSR count). The normalized spacial score (nSPS) is 11.7. The Labute approximate surface area is 166 Å². The topological polar surface area (TPSA) is 104 Å². The smallest absolute Gasteiger partial charge is 0.411 e. The molecule has 0 heterocycles. The highest BCUT2D eigenvalue weighted by Crippen LogP contribution is 2.44. The lowest BCUT2D eigenvalue weighted by Crippen LogP contribution is -2.17. The van der Waals surface area contributed by atoms with Gasteiger partial charge < -0.3 is 4.74 Å². The SMILES string of the molecule is [N-]=[N+]=NC(=O)c1ccc(NC(=O)OCC2c3ccccc3-c3ccccc32)cc1. The Balaban J connectivity index is 1.43. The summed E-state index contributed by atoms with van der Waals surface area (Å²) in [6, 6.07) is 22.3. The second kappa shape index (κ2) is 7.88. The molecule has 0 unspecified atom stereocenters. The van der Waals surface area contributed by atoms with E-state index in [1.165, 1.54) is 12.1 Å². The summed E-state index contributed by atoms with van der Waals surface area (Å²) in [6.45, 7) is 0.216. The van der Waals surface area contributed by atoms with Crippen LogP contribution in [0, 0.1) is 0 Å². The third kappa shape index (κ3) is 3.67. The number of hydrogen-bond donors (Lipinski definition) is 1. The second-order valence-corrected chi connectivity index (χ2v) is 6.52. The first kappa shape index (κ1) is 18.3. The molecule has 0 atom stereocenters. The highest BCUT2D eigenvalue weighted by Gasteiger charge is 2.28. The van der Waals surface area contributed by atoms with E-state index in [1.54, 1.807) is 12.1 Å². The van der Waals surface area contributed by atoms with Crippen LogP contribution in [0.3, 0.4) is 0 Å². The predicted octanol–water partition coefficient (Wildman–Crippen LogP) is 5.50. The number of azide groups is 1. The third-order valence-electron chi connectivity index (χ3n) is 4.86. The van der Waals surface area contributed by atoms with Crippen molar-refractivity contribution < 1.29 is 14.3 Å². The Bertz CT molecular complexity index is 1090. The first-order valence-electron chi connectivity index (χ1n) is 8.99. The van der Waals surface area contributed by atoms with Gasteiger partial charge in [-0.3, -0.25) is 10.1 Å². The molecular formula is C22H16N4O3. The fourth-order valence-corrected chi connectivity index (χ4v) is 3.55. The van der Waals surface area contributed by atoms with Gasteiger partial charge in [-0.1, -0.05) is 48.5 Å². The molecule has 3 aromatic rings. The van der Waals surface area contributed by atoms with Crippen molar-refractivity contribution in [2.24, 2.45) is 5.11 Å². The Morgan fingerprint density at radius 3 is 2.10 bits per heavy atom. The van der Waals surface area contributed by atoms with E-state index in [9.17, 15) is 9.59 Å². The van der Waals surface area contributed by atoms with Gasteiger partial charge in [-0.25, -0.2) is 4.79 Å². The maximum Gasteiger partial charge on any atom is 0.411 e. The first-order chi connectivity index (χ1) is 14.2. The highest BCUT2D eigenvalue weighted by atomic mass is 16.5. The molecule has 7 nitrogen and oxygen atoms in total. The molecule has 142 valence electrons. The summed E-state index contributed by atoms with van der Waals surface area (Å²) in [5.41, 5.74) is 13.6. The van der Waals surface area contributed by atoms with E-state index in [2.05, 4.69) is 39.6 Å². The standard InChI is InChI=1S/C22H16N4O3/c23-26-25-21(27)14-9-11-15(12-10-14)24-22(28)29-13-20-18-7-3-1-5-16(18)17-6-2-4-8-19(17)20/h1-12,20H,13H2,(H,24,28). The third-order valence-corrected chi connectivity index (χ3v) is 4.86. The second-order valence-electron chi connectivity index (χ2n) is 6.52. The Hall–Kier alpha value is -4.09. The van der Waals surface area contributed by atoms with Crippen LogP contribution in [0.15, 0.2) is 77.9 Å². The molecule has 29 heavy (non-hydrogen) atoms. The molecule has 0 fully saturated rings. The summed E-state index contributed by atoms with van der Waals surface area (Å²) in [4.78, 5) is 26.2. The average Bonchev–Trinajstić information content (AvgIpc) is 3.07. The van der Waals surface area contributed by atoms with E-state index in [0.717, 1.165) is 22.3 Å². The zero-order valence-electron chi connectivity index (χ0n) is 15.3. The van der Waals surface area contributed by atoms with Gasteiger partial charge in [-0.2, -0.15) is 0 Å². The number of hydrogen-bond acceptors (Lipinski definition) is 3. The maximum absolute atomic E-state index is 12.2. The molecule has 0 bridgehead atoms. The van der Waals surface area contributed by atoms with Gasteiger partial charge in [-0.15, -0.1) is 0 Å². The summed E-state index contributed by atoms with van der Waals surface area (Å²) < 4.78 is 5.48. The zero-order chi connectivity index (χ0) is 20.2. The molecule has 1 N–H and O–H groups in total. The number of ether oxygens (including phenoxy) is 1. The van der Waals surface area contributed by atoms with Crippen LogP contribution in [0.2, 0.25) is 0 Å². The largest absolute Gasteiger partial charge is 0.448 e. The summed E-state index contributed by atoms with van der Waals surface area (Å²) in [7, 11) is 0. The number of rotatable bonds is 4.